The Kier molecular flexibility index (Phi) is 7.63. The maximum atomic E-state index is 13.3. The van der Waals surface area contributed by atoms with Crippen LogP contribution in [0.4, 0.5) is 0 Å². The second-order valence-electron chi connectivity index (χ2n) is 6.49. The minimum Gasteiger partial charge on any atom is -0.222 e. The third-order valence-electron chi connectivity index (χ3n) is 4.37. The van der Waals surface area contributed by atoms with Crippen LogP contribution in [0, 0.1) is 5.92 Å². The molecule has 1 atom stereocenters. The van der Waals surface area contributed by atoms with E-state index in [1.54, 1.807) is 42.5 Å². The third kappa shape index (κ3) is 5.34. The van der Waals surface area contributed by atoms with Gasteiger partial charge in [-0.3, -0.25) is 0 Å². The number of sulfone groups is 2. The first-order valence-corrected chi connectivity index (χ1v) is 12.2. The number of rotatable bonds is 10. The molecule has 28 heavy (non-hydrogen) atoms. The molecule has 0 aliphatic rings. The Morgan fingerprint density at radius 3 is 1.68 bits per heavy atom. The van der Waals surface area contributed by atoms with Gasteiger partial charge in [0.05, 0.1) is 9.79 Å². The highest BCUT2D eigenvalue weighted by molar-refractivity contribution is 8.09. The number of benzene rings is 2. The van der Waals surface area contributed by atoms with Gasteiger partial charge in [-0.2, -0.15) is 0 Å². The molecule has 0 saturated heterocycles. The first-order valence-electron chi connectivity index (χ1n) is 8.71. The molecule has 0 spiro atoms. The molecule has 7 heteroatoms. The molecule has 2 aromatic carbocycles. The lowest BCUT2D eigenvalue weighted by Gasteiger charge is -2.23. The molecular formula is C21H23ClO4S2. The van der Waals surface area contributed by atoms with Crippen LogP contribution in [0.15, 0.2) is 94.7 Å². The topological polar surface area (TPSA) is 68.3 Å². The van der Waals surface area contributed by atoms with Gasteiger partial charge in [-0.25, -0.2) is 16.8 Å². The fourth-order valence-electron chi connectivity index (χ4n) is 3.03. The average molecular weight is 439 g/mol. The van der Waals surface area contributed by atoms with Crippen LogP contribution in [0.5, 0.6) is 0 Å². The van der Waals surface area contributed by atoms with Crippen molar-refractivity contribution in [1.29, 1.82) is 0 Å². The normalized spacial score (nSPS) is 13.2. The molecular weight excluding hydrogens is 416 g/mol. The van der Waals surface area contributed by atoms with E-state index < -0.39 is 24.3 Å². The van der Waals surface area contributed by atoms with Gasteiger partial charge in [0.15, 0.2) is 24.3 Å². The third-order valence-corrected chi connectivity index (χ3v) is 9.67. The van der Waals surface area contributed by atoms with Crippen LogP contribution in [-0.4, -0.2) is 21.4 Å². The van der Waals surface area contributed by atoms with Crippen LogP contribution in [0.25, 0.3) is 0 Å². The van der Waals surface area contributed by atoms with Crippen molar-refractivity contribution in [1.82, 2.24) is 0 Å². The number of hydrogen-bond acceptors (Lipinski definition) is 4. The summed E-state index contributed by atoms with van der Waals surface area (Å²) in [5.41, 5.74) is 0. The van der Waals surface area contributed by atoms with Crippen LogP contribution in [0.3, 0.4) is 0 Å². The predicted molar refractivity (Wildman–Crippen MR) is 114 cm³/mol. The van der Waals surface area contributed by atoms with E-state index >= 15 is 0 Å². The lowest BCUT2D eigenvalue weighted by atomic mass is 9.98. The molecule has 0 N–H and O–H groups in total. The molecule has 0 amide bonds. The molecule has 0 aliphatic heterocycles. The number of allylic oxidation sites excluding steroid dienone is 2. The summed E-state index contributed by atoms with van der Waals surface area (Å²) in [5.74, 6) is -0.315. The molecule has 0 bridgehead atoms. The SMILES string of the molecule is C=CCC(CC(=C)Cl)CC(S(=O)(=O)c1ccccc1)S(=O)(=O)c1ccccc1. The fourth-order valence-corrected chi connectivity index (χ4v) is 7.98. The fraction of sp³-hybridized carbons (Fsp3) is 0.238. The number of halogens is 1. The Bertz CT molecular complexity index is 945. The summed E-state index contributed by atoms with van der Waals surface area (Å²) in [6.07, 6.45) is 2.26. The van der Waals surface area contributed by atoms with Gasteiger partial charge in [-0.05, 0) is 49.4 Å². The second-order valence-corrected chi connectivity index (χ2v) is 11.6. The van der Waals surface area contributed by atoms with Gasteiger partial charge in [0.1, 0.15) is 0 Å². The Morgan fingerprint density at radius 2 is 1.32 bits per heavy atom. The van der Waals surface area contributed by atoms with E-state index in [0.717, 1.165) is 0 Å². The minimum atomic E-state index is -4.15. The smallest absolute Gasteiger partial charge is 0.195 e. The van der Waals surface area contributed by atoms with Gasteiger partial charge >= 0.3 is 0 Å². The maximum absolute atomic E-state index is 13.3. The molecule has 4 nitrogen and oxygen atoms in total. The summed E-state index contributed by atoms with van der Waals surface area (Å²) in [6.45, 7) is 7.34. The van der Waals surface area contributed by atoms with Crippen molar-refractivity contribution >= 4 is 31.3 Å². The van der Waals surface area contributed by atoms with E-state index in [2.05, 4.69) is 13.2 Å². The van der Waals surface area contributed by atoms with Gasteiger partial charge in [0.2, 0.25) is 0 Å². The molecule has 0 aliphatic carbocycles. The highest BCUT2D eigenvalue weighted by atomic mass is 35.5. The van der Waals surface area contributed by atoms with Gasteiger partial charge in [0.25, 0.3) is 0 Å². The zero-order chi connectivity index (χ0) is 20.8. The van der Waals surface area contributed by atoms with Crippen molar-refractivity contribution in [3.63, 3.8) is 0 Å². The second kappa shape index (κ2) is 9.54. The standard InChI is InChI=1S/C21H23ClO4S2/c1-3-10-18(15-17(2)22)16-21(27(23,24)19-11-6-4-7-12-19)28(25,26)20-13-8-5-9-14-20/h3-9,11-14,18,21H,1-2,10,15-16H2. The molecule has 0 radical (unpaired) electrons. The van der Waals surface area contributed by atoms with E-state index in [9.17, 15) is 16.8 Å². The zero-order valence-corrected chi connectivity index (χ0v) is 17.8. The van der Waals surface area contributed by atoms with Gasteiger partial charge < -0.3 is 0 Å². The van der Waals surface area contributed by atoms with E-state index in [0.29, 0.717) is 17.9 Å². The number of hydrogen-bond donors (Lipinski definition) is 0. The highest BCUT2D eigenvalue weighted by Gasteiger charge is 2.41. The van der Waals surface area contributed by atoms with Crippen LogP contribution in [0.2, 0.25) is 0 Å². The van der Waals surface area contributed by atoms with Crippen molar-refractivity contribution < 1.29 is 16.8 Å². The Morgan fingerprint density at radius 1 is 0.893 bits per heavy atom. The van der Waals surface area contributed by atoms with Gasteiger partial charge in [0, 0.05) is 5.03 Å². The molecule has 0 fully saturated rings. The average Bonchev–Trinajstić information content (AvgIpc) is 2.67. The van der Waals surface area contributed by atoms with Crippen LogP contribution < -0.4 is 0 Å². The molecule has 2 aromatic rings. The minimum absolute atomic E-state index is 0.0263. The van der Waals surface area contributed by atoms with Crippen molar-refractivity contribution in [2.75, 3.05) is 0 Å². The van der Waals surface area contributed by atoms with E-state index in [1.165, 1.54) is 24.3 Å². The molecule has 150 valence electrons. The molecule has 1 unspecified atom stereocenters. The maximum Gasteiger partial charge on any atom is 0.195 e. The van der Waals surface area contributed by atoms with E-state index in [1.807, 2.05) is 0 Å². The first-order chi connectivity index (χ1) is 13.2. The lowest BCUT2D eigenvalue weighted by Crippen LogP contribution is -2.33. The lowest BCUT2D eigenvalue weighted by molar-refractivity contribution is 0.490. The van der Waals surface area contributed by atoms with Crippen molar-refractivity contribution in [2.45, 2.75) is 33.6 Å². The van der Waals surface area contributed by atoms with Crippen molar-refractivity contribution in [3.05, 3.63) is 84.9 Å². The summed E-state index contributed by atoms with van der Waals surface area (Å²) in [5, 5.41) is 0.347. The van der Waals surface area contributed by atoms with E-state index in [-0.39, 0.29) is 22.1 Å². The summed E-state index contributed by atoms with van der Waals surface area (Å²) in [6, 6.07) is 15.3. The predicted octanol–water partition coefficient (Wildman–Crippen LogP) is 4.99. The largest absolute Gasteiger partial charge is 0.222 e. The highest BCUT2D eigenvalue weighted by Crippen LogP contribution is 2.33. The summed E-state index contributed by atoms with van der Waals surface area (Å²) < 4.78 is 51.6. The summed E-state index contributed by atoms with van der Waals surface area (Å²) >= 11 is 5.93. The Hall–Kier alpha value is -1.89. The molecule has 2 rings (SSSR count). The molecule has 0 saturated carbocycles. The van der Waals surface area contributed by atoms with Crippen LogP contribution >= 0.6 is 11.6 Å². The van der Waals surface area contributed by atoms with E-state index in [4.69, 9.17) is 11.6 Å². The van der Waals surface area contributed by atoms with Gasteiger partial charge in [-0.15, -0.1) is 6.58 Å². The Balaban J connectivity index is 2.58. The zero-order valence-electron chi connectivity index (χ0n) is 15.4. The van der Waals surface area contributed by atoms with Crippen LogP contribution in [-0.2, 0) is 19.7 Å². The Labute approximate surface area is 172 Å². The first kappa shape index (κ1) is 22.4. The van der Waals surface area contributed by atoms with Crippen molar-refractivity contribution in [2.24, 2.45) is 5.92 Å². The molecule has 0 aromatic heterocycles. The quantitative estimate of drug-likeness (QED) is 0.490. The van der Waals surface area contributed by atoms with Crippen LogP contribution in [0.1, 0.15) is 19.3 Å². The summed E-state index contributed by atoms with van der Waals surface area (Å²) in [7, 11) is -8.30. The summed E-state index contributed by atoms with van der Waals surface area (Å²) in [4.78, 5) is -0.0527. The van der Waals surface area contributed by atoms with Gasteiger partial charge in [-0.1, -0.05) is 60.7 Å². The van der Waals surface area contributed by atoms with Crippen molar-refractivity contribution in [3.8, 4) is 0 Å². The molecule has 0 heterocycles. The monoisotopic (exact) mass is 438 g/mol.